The van der Waals surface area contributed by atoms with Crippen molar-refractivity contribution >= 4 is 32.6 Å². The summed E-state index contributed by atoms with van der Waals surface area (Å²) in [5.41, 5.74) is 15.4. The van der Waals surface area contributed by atoms with Crippen LogP contribution in [0.1, 0.15) is 0 Å². The molecule has 0 spiro atoms. The molecule has 0 bridgehead atoms. The zero-order valence-electron chi connectivity index (χ0n) is 25.6. The van der Waals surface area contributed by atoms with Gasteiger partial charge < -0.3 is 4.57 Å². The number of aromatic nitrogens is 2. The van der Waals surface area contributed by atoms with Crippen LogP contribution in [-0.4, -0.2) is 9.55 Å². The van der Waals surface area contributed by atoms with Gasteiger partial charge in [-0.25, -0.2) is 4.98 Å². The summed E-state index contributed by atoms with van der Waals surface area (Å²) in [6.07, 6.45) is 0. The Hall–Kier alpha value is -6.25. The molecule has 0 fully saturated rings. The Balaban J connectivity index is 0.959. The van der Waals surface area contributed by atoms with E-state index < -0.39 is 0 Å². The molecule has 0 atom stereocenters. The Bertz CT molecular complexity index is 2640. The van der Waals surface area contributed by atoms with Crippen LogP contribution in [0.25, 0.3) is 94.2 Å². The lowest BCUT2D eigenvalue weighted by Gasteiger charge is -2.09. The van der Waals surface area contributed by atoms with Crippen molar-refractivity contribution in [1.29, 1.82) is 0 Å². The molecule has 0 aliphatic heterocycles. The third-order valence-electron chi connectivity index (χ3n) is 9.76. The molecule has 0 amide bonds. The fraction of sp³-hybridized carbons (Fsp3) is 0. The summed E-state index contributed by atoms with van der Waals surface area (Å²) >= 11 is 0. The van der Waals surface area contributed by atoms with E-state index in [1.807, 2.05) is 0 Å². The van der Waals surface area contributed by atoms with Gasteiger partial charge in [-0.1, -0.05) is 127 Å². The molecule has 0 saturated heterocycles. The molecule has 2 heteroatoms. The zero-order valence-corrected chi connectivity index (χ0v) is 25.6. The molecule has 47 heavy (non-hydrogen) atoms. The molecule has 9 aromatic rings. The van der Waals surface area contributed by atoms with Crippen molar-refractivity contribution in [1.82, 2.24) is 9.55 Å². The Labute approximate surface area is 272 Å². The van der Waals surface area contributed by atoms with Gasteiger partial charge >= 0.3 is 0 Å². The largest absolute Gasteiger partial charge is 0.309 e. The second kappa shape index (κ2) is 10.1. The van der Waals surface area contributed by atoms with Crippen LogP contribution in [0.2, 0.25) is 0 Å². The van der Waals surface area contributed by atoms with Crippen molar-refractivity contribution in [2.45, 2.75) is 0 Å². The van der Waals surface area contributed by atoms with Crippen molar-refractivity contribution in [3.63, 3.8) is 0 Å². The van der Waals surface area contributed by atoms with Crippen LogP contribution in [0.5, 0.6) is 0 Å². The van der Waals surface area contributed by atoms with Gasteiger partial charge in [-0.2, -0.15) is 0 Å². The number of nitrogens with zero attached hydrogens (tertiary/aromatic N) is 2. The van der Waals surface area contributed by atoms with Crippen molar-refractivity contribution in [2.24, 2.45) is 0 Å². The van der Waals surface area contributed by atoms with Crippen LogP contribution < -0.4 is 0 Å². The van der Waals surface area contributed by atoms with Crippen LogP contribution in [0.4, 0.5) is 0 Å². The number of hydrogen-bond donors (Lipinski definition) is 0. The lowest BCUT2D eigenvalue weighted by molar-refractivity contribution is 1.18. The number of para-hydroxylation sites is 2. The fourth-order valence-electron chi connectivity index (χ4n) is 7.50. The quantitative estimate of drug-likeness (QED) is 0.198. The molecule has 0 radical (unpaired) electrons. The molecule has 7 aromatic carbocycles. The molecule has 218 valence electrons. The monoisotopic (exact) mass is 596 g/mol. The Kier molecular flexibility index (Phi) is 5.61. The Morgan fingerprint density at radius 2 is 1.00 bits per heavy atom. The van der Waals surface area contributed by atoms with Gasteiger partial charge in [-0.05, 0) is 81.1 Å². The predicted molar refractivity (Wildman–Crippen MR) is 197 cm³/mol. The average Bonchev–Trinajstić information content (AvgIpc) is 3.65. The van der Waals surface area contributed by atoms with E-state index in [-0.39, 0.29) is 0 Å². The van der Waals surface area contributed by atoms with Crippen LogP contribution in [0.3, 0.4) is 0 Å². The van der Waals surface area contributed by atoms with Crippen molar-refractivity contribution in [2.75, 3.05) is 0 Å². The van der Waals surface area contributed by atoms with Gasteiger partial charge in [0.25, 0.3) is 0 Å². The van der Waals surface area contributed by atoms with Crippen molar-refractivity contribution in [3.05, 3.63) is 170 Å². The van der Waals surface area contributed by atoms with Gasteiger partial charge in [0.05, 0.1) is 22.4 Å². The van der Waals surface area contributed by atoms with E-state index in [2.05, 4.69) is 174 Å². The molecule has 1 aliphatic carbocycles. The minimum Gasteiger partial charge on any atom is -0.309 e. The molecule has 2 aromatic heterocycles. The lowest BCUT2D eigenvalue weighted by Crippen LogP contribution is -1.92. The molecule has 0 unspecified atom stereocenters. The van der Waals surface area contributed by atoms with Gasteiger partial charge in [-0.3, -0.25) is 0 Å². The highest BCUT2D eigenvalue weighted by Gasteiger charge is 2.22. The summed E-state index contributed by atoms with van der Waals surface area (Å²) in [6.45, 7) is 0. The molecule has 0 saturated carbocycles. The highest BCUT2D eigenvalue weighted by molar-refractivity contribution is 6.14. The molecule has 2 heterocycles. The molecule has 0 N–H and O–H groups in total. The number of fused-ring (bicyclic) bond motifs is 6. The number of hydrogen-bond acceptors (Lipinski definition) is 1. The first kappa shape index (κ1) is 26.0. The van der Waals surface area contributed by atoms with Gasteiger partial charge in [0.2, 0.25) is 0 Å². The zero-order chi connectivity index (χ0) is 30.9. The van der Waals surface area contributed by atoms with Crippen molar-refractivity contribution < 1.29 is 0 Å². The van der Waals surface area contributed by atoms with Crippen LogP contribution in [0, 0.1) is 0 Å². The minimum absolute atomic E-state index is 1.000. The first-order chi connectivity index (χ1) is 23.3. The van der Waals surface area contributed by atoms with Crippen LogP contribution >= 0.6 is 0 Å². The average molecular weight is 597 g/mol. The van der Waals surface area contributed by atoms with E-state index in [1.54, 1.807) is 0 Å². The maximum absolute atomic E-state index is 5.17. The predicted octanol–water partition coefficient (Wildman–Crippen LogP) is 12.0. The summed E-state index contributed by atoms with van der Waals surface area (Å²) in [4.78, 5) is 5.17. The molecule has 10 rings (SSSR count). The summed E-state index contributed by atoms with van der Waals surface area (Å²) < 4.78 is 2.36. The summed E-state index contributed by atoms with van der Waals surface area (Å²) in [5.74, 6) is 0. The molecule has 1 aliphatic rings. The maximum Gasteiger partial charge on any atom is 0.0794 e. The first-order valence-corrected chi connectivity index (χ1v) is 16.1. The Morgan fingerprint density at radius 1 is 0.383 bits per heavy atom. The van der Waals surface area contributed by atoms with E-state index in [0.717, 1.165) is 17.0 Å². The normalized spacial score (nSPS) is 11.8. The molecular weight excluding hydrogens is 569 g/mol. The summed E-state index contributed by atoms with van der Waals surface area (Å²) in [5, 5.41) is 5.12. The molecule has 2 nitrogen and oxygen atoms in total. The topological polar surface area (TPSA) is 17.8 Å². The van der Waals surface area contributed by atoms with E-state index in [9.17, 15) is 0 Å². The van der Waals surface area contributed by atoms with E-state index >= 15 is 0 Å². The fourth-order valence-corrected chi connectivity index (χ4v) is 7.50. The molecular formula is C45H28N2. The van der Waals surface area contributed by atoms with Crippen LogP contribution in [-0.2, 0) is 0 Å². The Morgan fingerprint density at radius 3 is 1.77 bits per heavy atom. The number of rotatable bonds is 4. The second-order valence-corrected chi connectivity index (χ2v) is 12.4. The maximum atomic E-state index is 5.17. The number of pyridine rings is 1. The van der Waals surface area contributed by atoms with Gasteiger partial charge in [0.1, 0.15) is 0 Å². The SMILES string of the molecule is c1ccc(-n2c3ccccc3c3cc(-c4ccc(-c5ccc(-c6ccc7c(n6)-c6cccc8cccc-7c68)cc5)cc4)ccc32)cc1. The van der Waals surface area contributed by atoms with Crippen molar-refractivity contribution in [3.8, 4) is 61.6 Å². The highest BCUT2D eigenvalue weighted by Crippen LogP contribution is 2.46. The van der Waals surface area contributed by atoms with E-state index in [0.29, 0.717) is 0 Å². The van der Waals surface area contributed by atoms with Gasteiger partial charge in [-0.15, -0.1) is 0 Å². The standard InChI is InChI=1S/C45H28N2/c1-2-10-35(11-3-1)47-42-15-5-4-12-36(42)40-28-34(24-27-43(40)47)31-18-16-29(17-19-31)30-20-22-32(23-21-30)41-26-25-38-37-13-6-8-33-9-7-14-39(44(33)37)45(38)46-41/h1-28H. The smallest absolute Gasteiger partial charge is 0.0794 e. The lowest BCUT2D eigenvalue weighted by atomic mass is 9.98. The van der Waals surface area contributed by atoms with Crippen LogP contribution in [0.15, 0.2) is 170 Å². The minimum atomic E-state index is 1.000. The summed E-state index contributed by atoms with van der Waals surface area (Å²) in [7, 11) is 0. The van der Waals surface area contributed by atoms with E-state index in [4.69, 9.17) is 4.98 Å². The third-order valence-corrected chi connectivity index (χ3v) is 9.76. The summed E-state index contributed by atoms with van der Waals surface area (Å²) in [6, 6.07) is 61.3. The second-order valence-electron chi connectivity index (χ2n) is 12.4. The first-order valence-electron chi connectivity index (χ1n) is 16.1. The van der Waals surface area contributed by atoms with E-state index in [1.165, 1.54) is 77.2 Å². The van der Waals surface area contributed by atoms with Gasteiger partial charge in [0, 0.05) is 33.2 Å². The number of benzene rings is 7. The van der Waals surface area contributed by atoms with Gasteiger partial charge in [0.15, 0.2) is 0 Å². The third kappa shape index (κ3) is 4.02. The highest BCUT2D eigenvalue weighted by atomic mass is 15.0.